The number of hydrazone groups is 1. The van der Waals surface area contributed by atoms with Crippen molar-refractivity contribution in [3.63, 3.8) is 0 Å². The van der Waals surface area contributed by atoms with E-state index in [9.17, 15) is 14.0 Å². The van der Waals surface area contributed by atoms with Crippen LogP contribution in [0.4, 0.5) is 16.0 Å². The van der Waals surface area contributed by atoms with Crippen LogP contribution >= 0.6 is 0 Å². The van der Waals surface area contributed by atoms with Crippen molar-refractivity contribution in [2.24, 2.45) is 10.5 Å². The van der Waals surface area contributed by atoms with E-state index in [0.717, 1.165) is 11.9 Å². The van der Waals surface area contributed by atoms with E-state index in [1.165, 1.54) is 17.1 Å². The molecule has 1 unspecified atom stereocenters. The van der Waals surface area contributed by atoms with Crippen LogP contribution in [0.5, 0.6) is 5.88 Å². The molecule has 0 saturated heterocycles. The van der Waals surface area contributed by atoms with Crippen molar-refractivity contribution in [2.75, 3.05) is 16.8 Å². The zero-order chi connectivity index (χ0) is 23.9. The summed E-state index contributed by atoms with van der Waals surface area (Å²) in [5.74, 6) is -0.177. The van der Waals surface area contributed by atoms with Crippen LogP contribution in [0.25, 0.3) is 0 Å². The lowest BCUT2D eigenvalue weighted by Gasteiger charge is -2.39. The molecule has 2 amide bonds. The first-order valence-electron chi connectivity index (χ1n) is 10.8. The molecule has 0 spiro atoms. The van der Waals surface area contributed by atoms with E-state index in [2.05, 4.69) is 20.4 Å². The molecule has 2 aliphatic heterocycles. The Hall–Kier alpha value is -3.56. The second-order valence-electron chi connectivity index (χ2n) is 9.36. The maximum Gasteiger partial charge on any atom is 0.279 e. The van der Waals surface area contributed by atoms with Gasteiger partial charge in [-0.3, -0.25) is 9.59 Å². The molecule has 33 heavy (non-hydrogen) atoms. The molecule has 0 saturated carbocycles. The van der Waals surface area contributed by atoms with Crippen molar-refractivity contribution in [3.05, 3.63) is 41.8 Å². The minimum absolute atomic E-state index is 0.102. The Morgan fingerprint density at radius 1 is 1.27 bits per heavy atom. The summed E-state index contributed by atoms with van der Waals surface area (Å²) in [5, 5.41) is 8.69. The predicted molar refractivity (Wildman–Crippen MR) is 122 cm³/mol. The van der Waals surface area contributed by atoms with Gasteiger partial charge in [0.1, 0.15) is 30.2 Å². The average molecular weight is 455 g/mol. The molecule has 0 radical (unpaired) electrons. The van der Waals surface area contributed by atoms with Crippen molar-refractivity contribution in [2.45, 2.75) is 53.3 Å². The summed E-state index contributed by atoms with van der Waals surface area (Å²) in [7, 11) is 0. The van der Waals surface area contributed by atoms with Crippen LogP contribution in [0.2, 0.25) is 0 Å². The Morgan fingerprint density at radius 2 is 2.03 bits per heavy atom. The molecule has 0 bridgehead atoms. The van der Waals surface area contributed by atoms with Crippen molar-refractivity contribution >= 4 is 29.2 Å². The molecule has 1 atom stereocenters. The highest BCUT2D eigenvalue weighted by atomic mass is 19.1. The second-order valence-corrected chi connectivity index (χ2v) is 9.36. The van der Waals surface area contributed by atoms with Gasteiger partial charge in [0, 0.05) is 23.6 Å². The Kier molecular flexibility index (Phi) is 5.77. The van der Waals surface area contributed by atoms with Gasteiger partial charge >= 0.3 is 0 Å². The SMILES string of the molecule is CC(C)Oc1ccc2c(n1)N(CC(=O)Nc1ccc(F)cn1)C1CC(C(C)(C)C)=NN1C2=O. The largest absolute Gasteiger partial charge is 0.475 e. The molecule has 4 heterocycles. The molecule has 2 aromatic rings. The van der Waals surface area contributed by atoms with E-state index in [1.807, 2.05) is 34.6 Å². The highest BCUT2D eigenvalue weighted by Crippen LogP contribution is 2.38. The number of hydrogen-bond acceptors (Lipinski definition) is 7. The molecule has 4 rings (SSSR count). The highest BCUT2D eigenvalue weighted by molar-refractivity contribution is 6.05. The zero-order valence-corrected chi connectivity index (χ0v) is 19.3. The summed E-state index contributed by atoms with van der Waals surface area (Å²) >= 11 is 0. The van der Waals surface area contributed by atoms with E-state index in [0.29, 0.717) is 23.7 Å². The molecule has 9 nitrogen and oxygen atoms in total. The topological polar surface area (TPSA) is 100 Å². The lowest BCUT2D eigenvalue weighted by atomic mass is 9.87. The van der Waals surface area contributed by atoms with Crippen LogP contribution in [0.15, 0.2) is 35.6 Å². The summed E-state index contributed by atoms with van der Waals surface area (Å²) in [4.78, 5) is 36.3. The van der Waals surface area contributed by atoms with Crippen LogP contribution in [0, 0.1) is 11.2 Å². The number of fused-ring (bicyclic) bond motifs is 2. The number of carbonyl (C=O) groups excluding carboxylic acids is 2. The number of rotatable bonds is 5. The maximum atomic E-state index is 13.2. The average Bonchev–Trinajstić information content (AvgIpc) is 3.19. The summed E-state index contributed by atoms with van der Waals surface area (Å²) in [5.41, 5.74) is 0.960. The first-order chi connectivity index (χ1) is 15.5. The van der Waals surface area contributed by atoms with Gasteiger partial charge in [-0.2, -0.15) is 10.1 Å². The number of hydrogen-bond donors (Lipinski definition) is 1. The molecular weight excluding hydrogens is 427 g/mol. The number of halogens is 1. The van der Waals surface area contributed by atoms with Crippen molar-refractivity contribution in [1.82, 2.24) is 15.0 Å². The Morgan fingerprint density at radius 3 is 2.67 bits per heavy atom. The zero-order valence-electron chi connectivity index (χ0n) is 19.3. The van der Waals surface area contributed by atoms with Crippen molar-refractivity contribution in [1.29, 1.82) is 0 Å². The van der Waals surface area contributed by atoms with Gasteiger partial charge in [-0.1, -0.05) is 20.8 Å². The minimum atomic E-state index is -0.494. The second kappa shape index (κ2) is 8.42. The molecule has 2 aliphatic rings. The molecule has 10 heteroatoms. The van der Waals surface area contributed by atoms with Crippen molar-refractivity contribution < 1.29 is 18.7 Å². The number of nitrogens with zero attached hydrogens (tertiary/aromatic N) is 5. The third-order valence-corrected chi connectivity index (χ3v) is 5.34. The predicted octanol–water partition coefficient (Wildman–Crippen LogP) is 3.44. The fourth-order valence-electron chi connectivity index (χ4n) is 3.73. The molecule has 0 aromatic carbocycles. The quantitative estimate of drug-likeness (QED) is 0.743. The number of ether oxygens (including phenoxy) is 1. The van der Waals surface area contributed by atoms with Gasteiger partial charge in [0.15, 0.2) is 0 Å². The van der Waals surface area contributed by atoms with Gasteiger partial charge in [-0.25, -0.2) is 14.4 Å². The van der Waals surface area contributed by atoms with Gasteiger partial charge in [0.05, 0.1) is 17.9 Å². The monoisotopic (exact) mass is 454 g/mol. The van der Waals surface area contributed by atoms with Gasteiger partial charge in [0.2, 0.25) is 11.8 Å². The maximum absolute atomic E-state index is 13.2. The lowest BCUT2D eigenvalue weighted by molar-refractivity contribution is -0.115. The summed E-state index contributed by atoms with van der Waals surface area (Å²) < 4.78 is 18.9. The Balaban J connectivity index is 1.67. The molecule has 0 aliphatic carbocycles. The fourth-order valence-corrected chi connectivity index (χ4v) is 3.73. The van der Waals surface area contributed by atoms with Crippen LogP contribution in [0.1, 0.15) is 51.4 Å². The highest BCUT2D eigenvalue weighted by Gasteiger charge is 2.45. The van der Waals surface area contributed by atoms with Crippen LogP contribution in [-0.2, 0) is 4.79 Å². The fraction of sp³-hybridized carbons (Fsp3) is 0.435. The first kappa shape index (κ1) is 22.6. The molecule has 174 valence electrons. The normalized spacial score (nSPS) is 17.6. The number of aromatic nitrogens is 2. The number of carbonyl (C=O) groups is 2. The van der Waals surface area contributed by atoms with E-state index in [4.69, 9.17) is 4.74 Å². The minimum Gasteiger partial charge on any atom is -0.475 e. The van der Waals surface area contributed by atoms with Gasteiger partial charge < -0.3 is 15.0 Å². The van der Waals surface area contributed by atoms with Gasteiger partial charge in [-0.15, -0.1) is 0 Å². The van der Waals surface area contributed by atoms with E-state index >= 15 is 0 Å². The molecule has 2 aromatic heterocycles. The van der Waals surface area contributed by atoms with Crippen LogP contribution in [-0.4, -0.2) is 51.3 Å². The van der Waals surface area contributed by atoms with Crippen LogP contribution < -0.4 is 15.0 Å². The Bertz CT molecular complexity index is 1110. The van der Waals surface area contributed by atoms with Crippen LogP contribution in [0.3, 0.4) is 0 Å². The van der Waals surface area contributed by atoms with Crippen molar-refractivity contribution in [3.8, 4) is 5.88 Å². The van der Waals surface area contributed by atoms with Gasteiger partial charge in [-0.05, 0) is 32.0 Å². The van der Waals surface area contributed by atoms with E-state index in [1.54, 1.807) is 17.0 Å². The smallest absolute Gasteiger partial charge is 0.279 e. The lowest BCUT2D eigenvalue weighted by Crippen LogP contribution is -2.53. The number of pyridine rings is 2. The van der Waals surface area contributed by atoms with Gasteiger partial charge in [0.25, 0.3) is 5.91 Å². The van der Waals surface area contributed by atoms with E-state index in [-0.39, 0.29) is 35.7 Å². The molecule has 0 fully saturated rings. The first-order valence-corrected chi connectivity index (χ1v) is 10.8. The molecular formula is C23H27FN6O3. The summed E-state index contributed by atoms with van der Waals surface area (Å²) in [6.07, 6.45) is 0.917. The summed E-state index contributed by atoms with van der Waals surface area (Å²) in [6.45, 7) is 9.76. The third kappa shape index (κ3) is 4.64. The third-order valence-electron chi connectivity index (χ3n) is 5.34. The molecule has 1 N–H and O–H groups in total. The standard InChI is InChI=1S/C23H27FN6O3/c1-13(2)33-19-9-7-15-21(27-19)29(12-18(31)26-17-8-6-14(24)11-25-17)20-10-16(23(3,4)5)28-30(20)22(15)32/h6-9,11,13,20H,10,12H2,1-5H3,(H,25,26,31). The van der Waals surface area contributed by atoms with E-state index < -0.39 is 12.0 Å². The number of nitrogens with one attached hydrogen (secondary N) is 1. The summed E-state index contributed by atoms with van der Waals surface area (Å²) in [6, 6.07) is 5.89. The number of amides is 2. The Labute approximate surface area is 191 Å². The number of anilines is 2.